The number of carbonyl (C=O) groups excluding carboxylic acids is 1. The van der Waals surface area contributed by atoms with Gasteiger partial charge in [-0.25, -0.2) is 0 Å². The van der Waals surface area contributed by atoms with Crippen LogP contribution < -0.4 is 5.32 Å². The molecule has 1 aliphatic carbocycles. The van der Waals surface area contributed by atoms with Gasteiger partial charge in [0.2, 0.25) is 0 Å². The summed E-state index contributed by atoms with van der Waals surface area (Å²) in [5.41, 5.74) is 3.14. The molecule has 2 heterocycles. The molecule has 1 saturated heterocycles. The molecule has 0 saturated carbocycles. The number of hydrogen-bond donors (Lipinski definition) is 1. The Morgan fingerprint density at radius 1 is 1.22 bits per heavy atom. The van der Waals surface area contributed by atoms with E-state index in [-0.39, 0.29) is 5.91 Å². The smallest absolute Gasteiger partial charge is 0.274 e. The van der Waals surface area contributed by atoms with E-state index in [1.54, 1.807) is 0 Å². The molecule has 6 heteroatoms. The fraction of sp³-hybridized carbons (Fsp3) is 0.810. The number of morpholine rings is 1. The number of nitrogens with one attached hydrogen (secondary N) is 1. The van der Waals surface area contributed by atoms with Crippen molar-refractivity contribution in [2.75, 3.05) is 32.8 Å². The van der Waals surface area contributed by atoms with E-state index in [0.29, 0.717) is 49.9 Å². The van der Waals surface area contributed by atoms with E-state index in [0.717, 1.165) is 32.4 Å². The zero-order valence-electron chi connectivity index (χ0n) is 17.5. The molecule has 0 aromatic carbocycles. The van der Waals surface area contributed by atoms with E-state index in [2.05, 4.69) is 37.7 Å². The van der Waals surface area contributed by atoms with Gasteiger partial charge >= 0.3 is 0 Å². The van der Waals surface area contributed by atoms with Gasteiger partial charge in [0.1, 0.15) is 0 Å². The van der Waals surface area contributed by atoms with Crippen LogP contribution in [0.25, 0.3) is 0 Å². The maximum Gasteiger partial charge on any atom is 0.274 e. The molecule has 1 aliphatic heterocycles. The molecule has 1 N–H and O–H groups in total. The third kappa shape index (κ3) is 5.11. The summed E-state index contributed by atoms with van der Waals surface area (Å²) in [4.78, 5) is 15.1. The minimum atomic E-state index is 0.0832. The molecule has 1 amide bonds. The summed E-state index contributed by atoms with van der Waals surface area (Å²) in [5.74, 6) is 1.31. The van der Waals surface area contributed by atoms with Crippen molar-refractivity contribution in [2.45, 2.75) is 66.0 Å². The summed E-state index contributed by atoms with van der Waals surface area (Å²) in [6.07, 6.45) is 4.23. The first kappa shape index (κ1) is 20.3. The lowest BCUT2D eigenvalue weighted by Gasteiger charge is -2.28. The highest BCUT2D eigenvalue weighted by Gasteiger charge is 2.31. The minimum absolute atomic E-state index is 0.0832. The van der Waals surface area contributed by atoms with Crippen LogP contribution in [0.3, 0.4) is 0 Å². The Kier molecular flexibility index (Phi) is 6.93. The first-order chi connectivity index (χ1) is 13.0. The molecule has 0 spiro atoms. The average molecular weight is 377 g/mol. The Labute approximate surface area is 163 Å². The highest BCUT2D eigenvalue weighted by atomic mass is 16.5. The van der Waals surface area contributed by atoms with Gasteiger partial charge in [-0.2, -0.15) is 5.10 Å². The fourth-order valence-electron chi connectivity index (χ4n) is 4.02. The van der Waals surface area contributed by atoms with Gasteiger partial charge < -0.3 is 15.0 Å². The van der Waals surface area contributed by atoms with Crippen LogP contribution in [0.15, 0.2) is 0 Å². The van der Waals surface area contributed by atoms with Gasteiger partial charge in [0.05, 0.1) is 13.2 Å². The van der Waals surface area contributed by atoms with Crippen LogP contribution in [0, 0.1) is 11.8 Å². The largest absolute Gasteiger partial charge is 0.378 e. The van der Waals surface area contributed by atoms with Crippen molar-refractivity contribution < 1.29 is 9.53 Å². The van der Waals surface area contributed by atoms with Gasteiger partial charge in [0.25, 0.3) is 5.91 Å². The summed E-state index contributed by atoms with van der Waals surface area (Å²) in [6, 6.07) is 0.448. The third-order valence-corrected chi connectivity index (χ3v) is 5.54. The summed E-state index contributed by atoms with van der Waals surface area (Å²) in [6.45, 7) is 13.4. The standard InChI is InChI=1S/C21H36N4O2/c1-15(2)7-8-22-17-5-6-19-18(13-17)20(23-25(19)14-16(3)4)21(26)24-9-11-27-12-10-24/h15-17,22H,5-14H2,1-4H3. The summed E-state index contributed by atoms with van der Waals surface area (Å²) < 4.78 is 7.52. The number of aromatic nitrogens is 2. The van der Waals surface area contributed by atoms with Crippen molar-refractivity contribution in [1.82, 2.24) is 20.0 Å². The molecule has 3 rings (SSSR count). The van der Waals surface area contributed by atoms with Crippen LogP contribution in [0.2, 0.25) is 0 Å². The normalized spacial score (nSPS) is 20.4. The molecule has 2 aliphatic rings. The molecule has 0 bridgehead atoms. The summed E-state index contributed by atoms with van der Waals surface area (Å²) in [7, 11) is 0. The van der Waals surface area contributed by atoms with E-state index in [9.17, 15) is 4.79 Å². The van der Waals surface area contributed by atoms with Crippen LogP contribution in [-0.4, -0.2) is 59.5 Å². The zero-order valence-corrected chi connectivity index (χ0v) is 17.5. The van der Waals surface area contributed by atoms with Gasteiger partial charge in [0, 0.05) is 36.9 Å². The molecular formula is C21H36N4O2. The molecule has 152 valence electrons. The first-order valence-electron chi connectivity index (χ1n) is 10.6. The van der Waals surface area contributed by atoms with Gasteiger partial charge in [-0.3, -0.25) is 9.48 Å². The van der Waals surface area contributed by atoms with E-state index in [1.807, 2.05) is 4.90 Å². The maximum atomic E-state index is 13.2. The van der Waals surface area contributed by atoms with Crippen molar-refractivity contribution in [3.8, 4) is 0 Å². The first-order valence-corrected chi connectivity index (χ1v) is 10.6. The van der Waals surface area contributed by atoms with E-state index < -0.39 is 0 Å². The van der Waals surface area contributed by atoms with E-state index in [1.165, 1.54) is 17.7 Å². The van der Waals surface area contributed by atoms with E-state index >= 15 is 0 Å². The fourth-order valence-corrected chi connectivity index (χ4v) is 4.02. The summed E-state index contributed by atoms with van der Waals surface area (Å²) >= 11 is 0. The Bertz CT molecular complexity index is 632. The molecule has 27 heavy (non-hydrogen) atoms. The maximum absolute atomic E-state index is 13.2. The Hall–Kier alpha value is -1.40. The monoisotopic (exact) mass is 376 g/mol. The second kappa shape index (κ2) is 9.20. The molecule has 0 radical (unpaired) electrons. The van der Waals surface area contributed by atoms with Crippen molar-refractivity contribution in [1.29, 1.82) is 0 Å². The Morgan fingerprint density at radius 2 is 1.96 bits per heavy atom. The second-order valence-electron chi connectivity index (χ2n) is 8.83. The van der Waals surface area contributed by atoms with Crippen LogP contribution in [0.4, 0.5) is 0 Å². The molecular weight excluding hydrogens is 340 g/mol. The number of fused-ring (bicyclic) bond motifs is 1. The van der Waals surface area contributed by atoms with Crippen molar-refractivity contribution in [3.05, 3.63) is 17.0 Å². The molecule has 6 nitrogen and oxygen atoms in total. The van der Waals surface area contributed by atoms with Crippen LogP contribution in [0.1, 0.15) is 62.3 Å². The van der Waals surface area contributed by atoms with Crippen LogP contribution in [0.5, 0.6) is 0 Å². The Morgan fingerprint density at radius 3 is 2.63 bits per heavy atom. The van der Waals surface area contributed by atoms with Crippen molar-refractivity contribution >= 4 is 5.91 Å². The number of hydrogen-bond acceptors (Lipinski definition) is 4. The predicted molar refractivity (Wildman–Crippen MR) is 107 cm³/mol. The molecule has 1 aromatic rings. The lowest BCUT2D eigenvalue weighted by molar-refractivity contribution is 0.0297. The molecule has 1 atom stereocenters. The average Bonchev–Trinajstić information content (AvgIpc) is 2.99. The summed E-state index contributed by atoms with van der Waals surface area (Å²) in [5, 5.41) is 8.51. The SMILES string of the molecule is CC(C)CCNC1CCc2c(c(C(=O)N3CCOCC3)nn2CC(C)C)C1. The topological polar surface area (TPSA) is 59.4 Å². The Balaban J connectivity index is 1.79. The highest BCUT2D eigenvalue weighted by molar-refractivity contribution is 5.94. The number of nitrogens with zero attached hydrogens (tertiary/aromatic N) is 3. The highest BCUT2D eigenvalue weighted by Crippen LogP contribution is 2.27. The second-order valence-corrected chi connectivity index (χ2v) is 8.83. The lowest BCUT2D eigenvalue weighted by Crippen LogP contribution is -2.42. The quantitative estimate of drug-likeness (QED) is 0.794. The van der Waals surface area contributed by atoms with Crippen molar-refractivity contribution in [3.63, 3.8) is 0 Å². The zero-order chi connectivity index (χ0) is 19.4. The third-order valence-electron chi connectivity index (χ3n) is 5.54. The van der Waals surface area contributed by atoms with Gasteiger partial charge in [-0.05, 0) is 44.1 Å². The number of amides is 1. The molecule has 1 unspecified atom stereocenters. The number of carbonyl (C=O) groups is 1. The number of rotatable bonds is 7. The van der Waals surface area contributed by atoms with Gasteiger partial charge in [0.15, 0.2) is 5.69 Å². The molecule has 1 fully saturated rings. The lowest BCUT2D eigenvalue weighted by atomic mass is 9.90. The van der Waals surface area contributed by atoms with Crippen LogP contribution in [-0.2, 0) is 24.1 Å². The van der Waals surface area contributed by atoms with Gasteiger partial charge in [-0.1, -0.05) is 27.7 Å². The van der Waals surface area contributed by atoms with Crippen LogP contribution >= 0.6 is 0 Å². The number of ether oxygens (including phenoxy) is 1. The molecule has 1 aromatic heterocycles. The van der Waals surface area contributed by atoms with Gasteiger partial charge in [-0.15, -0.1) is 0 Å². The predicted octanol–water partition coefficient (Wildman–Crippen LogP) is 2.50. The minimum Gasteiger partial charge on any atom is -0.378 e. The van der Waals surface area contributed by atoms with Crippen molar-refractivity contribution in [2.24, 2.45) is 11.8 Å². The van der Waals surface area contributed by atoms with E-state index in [4.69, 9.17) is 9.84 Å².